The van der Waals surface area contributed by atoms with Crippen LogP contribution in [-0.2, 0) is 5.41 Å². The van der Waals surface area contributed by atoms with E-state index >= 15 is 0 Å². The van der Waals surface area contributed by atoms with E-state index in [-0.39, 0.29) is 5.56 Å². The Morgan fingerprint density at radius 2 is 1.95 bits per heavy atom. The third-order valence-corrected chi connectivity index (χ3v) is 2.95. The third kappa shape index (κ3) is 2.39. The summed E-state index contributed by atoms with van der Waals surface area (Å²) in [5, 5.41) is 13.4. The molecule has 1 aromatic heterocycles. The van der Waals surface area contributed by atoms with E-state index < -0.39 is 11.4 Å². The molecule has 0 amide bonds. The number of methoxy groups -OCH3 is 1. The first-order valence-corrected chi connectivity index (χ1v) is 6.23. The number of ether oxygens (including phenoxy) is 1. The molecule has 1 aromatic carbocycles. The van der Waals surface area contributed by atoms with Gasteiger partial charge in [0.1, 0.15) is 17.0 Å². The number of hydrogen-bond donors (Lipinski definition) is 1. The second kappa shape index (κ2) is 5.00. The van der Waals surface area contributed by atoms with E-state index in [4.69, 9.17) is 9.26 Å². The zero-order valence-corrected chi connectivity index (χ0v) is 11.9. The van der Waals surface area contributed by atoms with Crippen LogP contribution in [0, 0.1) is 0 Å². The van der Waals surface area contributed by atoms with Gasteiger partial charge in [-0.05, 0) is 12.1 Å². The van der Waals surface area contributed by atoms with Crippen molar-refractivity contribution in [1.82, 2.24) is 5.16 Å². The highest BCUT2D eigenvalue weighted by Crippen LogP contribution is 2.36. The van der Waals surface area contributed by atoms with Crippen LogP contribution in [0.2, 0.25) is 0 Å². The molecular formula is C15H17NO4. The molecule has 5 heteroatoms. The van der Waals surface area contributed by atoms with E-state index in [0.717, 1.165) is 0 Å². The lowest BCUT2D eigenvalue weighted by Crippen LogP contribution is -2.15. The summed E-state index contributed by atoms with van der Waals surface area (Å²) in [5.41, 5.74) is 0.537. The van der Waals surface area contributed by atoms with Gasteiger partial charge in [0.15, 0.2) is 5.76 Å². The first-order chi connectivity index (χ1) is 9.36. The molecule has 0 saturated heterocycles. The highest BCUT2D eigenvalue weighted by atomic mass is 16.5. The van der Waals surface area contributed by atoms with E-state index in [0.29, 0.717) is 22.8 Å². The Kier molecular flexibility index (Phi) is 3.53. The minimum atomic E-state index is -1.06. The number of para-hydroxylation sites is 1. The maximum atomic E-state index is 11.6. The monoisotopic (exact) mass is 275 g/mol. The van der Waals surface area contributed by atoms with E-state index in [1.54, 1.807) is 18.2 Å². The van der Waals surface area contributed by atoms with Gasteiger partial charge < -0.3 is 14.4 Å². The third-order valence-electron chi connectivity index (χ3n) is 2.95. The first kappa shape index (κ1) is 14.1. The Bertz CT molecular complexity index is 638. The second-order valence-electron chi connectivity index (χ2n) is 5.49. The molecule has 2 rings (SSSR count). The lowest BCUT2D eigenvalue weighted by Gasteiger charge is -2.14. The van der Waals surface area contributed by atoms with Crippen LogP contribution >= 0.6 is 0 Å². The Balaban J connectivity index is 2.70. The van der Waals surface area contributed by atoms with E-state index in [2.05, 4.69) is 5.16 Å². The first-order valence-electron chi connectivity index (χ1n) is 6.23. The van der Waals surface area contributed by atoms with Gasteiger partial charge in [0, 0.05) is 11.0 Å². The Morgan fingerprint density at radius 3 is 2.50 bits per heavy atom. The predicted octanol–water partition coefficient (Wildman–Crippen LogP) is 3.35. The van der Waals surface area contributed by atoms with Gasteiger partial charge in [-0.15, -0.1) is 0 Å². The number of carboxylic acids is 1. The Labute approximate surface area is 117 Å². The van der Waals surface area contributed by atoms with Crippen LogP contribution in [0.1, 0.15) is 36.9 Å². The lowest BCUT2D eigenvalue weighted by atomic mass is 9.89. The van der Waals surface area contributed by atoms with Gasteiger partial charge in [0.2, 0.25) is 0 Å². The van der Waals surface area contributed by atoms with Crippen LogP contribution in [-0.4, -0.2) is 23.3 Å². The standard InChI is InChI=1S/C15H17NO4/c1-15(2,3)13-11(14(17)18)12(16-20-13)9-7-5-6-8-10(9)19-4/h5-8H,1-4H3,(H,17,18). The average Bonchev–Trinajstić information content (AvgIpc) is 2.83. The number of aromatic nitrogens is 1. The predicted molar refractivity (Wildman–Crippen MR) is 74.2 cm³/mol. The highest BCUT2D eigenvalue weighted by Gasteiger charge is 2.32. The number of hydrogen-bond acceptors (Lipinski definition) is 4. The van der Waals surface area contributed by atoms with Crippen molar-refractivity contribution in [2.75, 3.05) is 7.11 Å². The summed E-state index contributed by atoms with van der Waals surface area (Å²) in [6, 6.07) is 7.13. The molecular weight excluding hydrogens is 258 g/mol. The minimum absolute atomic E-state index is 0.0852. The van der Waals surface area contributed by atoms with Gasteiger partial charge in [-0.25, -0.2) is 4.79 Å². The molecule has 1 N–H and O–H groups in total. The molecule has 0 saturated carbocycles. The summed E-state index contributed by atoms with van der Waals surface area (Å²) in [6.45, 7) is 5.64. The van der Waals surface area contributed by atoms with Crippen molar-refractivity contribution in [3.63, 3.8) is 0 Å². The van der Waals surface area contributed by atoms with Crippen LogP contribution < -0.4 is 4.74 Å². The SMILES string of the molecule is COc1ccccc1-c1noc(C(C)(C)C)c1C(=O)O. The fourth-order valence-corrected chi connectivity index (χ4v) is 2.02. The molecule has 0 aliphatic heterocycles. The highest BCUT2D eigenvalue weighted by molar-refractivity contribution is 5.97. The summed E-state index contributed by atoms with van der Waals surface area (Å²) < 4.78 is 10.5. The number of carbonyl (C=O) groups is 1. The largest absolute Gasteiger partial charge is 0.496 e. The van der Waals surface area contributed by atoms with Crippen LogP contribution in [0.15, 0.2) is 28.8 Å². The van der Waals surface area contributed by atoms with E-state index in [1.807, 2.05) is 26.8 Å². The maximum absolute atomic E-state index is 11.6. The fraction of sp³-hybridized carbons (Fsp3) is 0.333. The number of carboxylic acid groups (broad SMARTS) is 1. The lowest BCUT2D eigenvalue weighted by molar-refractivity contribution is 0.0693. The molecule has 0 radical (unpaired) electrons. The summed E-state index contributed by atoms with van der Waals surface area (Å²) in [7, 11) is 1.53. The van der Waals surface area contributed by atoms with Crippen molar-refractivity contribution in [2.45, 2.75) is 26.2 Å². The summed E-state index contributed by atoms with van der Waals surface area (Å²) in [4.78, 5) is 11.6. The van der Waals surface area contributed by atoms with Crippen molar-refractivity contribution in [1.29, 1.82) is 0 Å². The topological polar surface area (TPSA) is 72.6 Å². The molecule has 5 nitrogen and oxygen atoms in total. The molecule has 0 aliphatic rings. The van der Waals surface area contributed by atoms with Gasteiger partial charge in [0.25, 0.3) is 0 Å². The number of rotatable bonds is 3. The van der Waals surface area contributed by atoms with E-state index in [9.17, 15) is 9.90 Å². The average molecular weight is 275 g/mol. The van der Waals surface area contributed by atoms with Crippen molar-refractivity contribution >= 4 is 5.97 Å². The molecule has 0 fully saturated rings. The zero-order valence-electron chi connectivity index (χ0n) is 11.9. The smallest absolute Gasteiger partial charge is 0.341 e. The summed E-state index contributed by atoms with van der Waals surface area (Å²) in [6.07, 6.45) is 0. The number of nitrogens with zero attached hydrogens (tertiary/aromatic N) is 1. The van der Waals surface area contributed by atoms with Crippen molar-refractivity contribution in [2.24, 2.45) is 0 Å². The summed E-state index contributed by atoms with van der Waals surface area (Å²) in [5.74, 6) is -0.147. The molecule has 0 aliphatic carbocycles. The zero-order chi connectivity index (χ0) is 14.9. The normalized spacial score (nSPS) is 11.4. The van der Waals surface area contributed by atoms with Gasteiger partial charge in [-0.3, -0.25) is 0 Å². The molecule has 20 heavy (non-hydrogen) atoms. The quantitative estimate of drug-likeness (QED) is 0.930. The van der Waals surface area contributed by atoms with Crippen molar-refractivity contribution in [3.8, 4) is 17.0 Å². The van der Waals surface area contributed by atoms with Gasteiger partial charge in [-0.1, -0.05) is 38.1 Å². The van der Waals surface area contributed by atoms with Crippen molar-refractivity contribution < 1.29 is 19.2 Å². The van der Waals surface area contributed by atoms with Gasteiger partial charge >= 0.3 is 5.97 Å². The van der Waals surface area contributed by atoms with Crippen LogP contribution in [0.25, 0.3) is 11.3 Å². The Hall–Kier alpha value is -2.30. The van der Waals surface area contributed by atoms with Gasteiger partial charge in [0.05, 0.1) is 7.11 Å². The number of aromatic carboxylic acids is 1. The van der Waals surface area contributed by atoms with Gasteiger partial charge in [-0.2, -0.15) is 0 Å². The molecule has 1 heterocycles. The molecule has 0 bridgehead atoms. The fourth-order valence-electron chi connectivity index (χ4n) is 2.02. The van der Waals surface area contributed by atoms with E-state index in [1.165, 1.54) is 7.11 Å². The number of benzene rings is 1. The van der Waals surface area contributed by atoms with Crippen molar-refractivity contribution in [3.05, 3.63) is 35.6 Å². The molecule has 0 atom stereocenters. The molecule has 106 valence electrons. The summed E-state index contributed by atoms with van der Waals surface area (Å²) >= 11 is 0. The Morgan fingerprint density at radius 1 is 1.30 bits per heavy atom. The van der Waals surface area contributed by atoms with Crippen LogP contribution in [0.5, 0.6) is 5.75 Å². The maximum Gasteiger partial charge on any atom is 0.341 e. The minimum Gasteiger partial charge on any atom is -0.496 e. The molecule has 2 aromatic rings. The van der Waals surface area contributed by atoms with Crippen LogP contribution in [0.4, 0.5) is 0 Å². The van der Waals surface area contributed by atoms with Crippen LogP contribution in [0.3, 0.4) is 0 Å². The second-order valence-corrected chi connectivity index (χ2v) is 5.49. The molecule has 0 unspecified atom stereocenters. The molecule has 0 spiro atoms.